The van der Waals surface area contributed by atoms with Gasteiger partial charge in [-0.1, -0.05) is 24.3 Å². The molecule has 0 atom stereocenters. The predicted molar refractivity (Wildman–Crippen MR) is 133 cm³/mol. The smallest absolute Gasteiger partial charge is 0.216 e. The van der Waals surface area contributed by atoms with Gasteiger partial charge in [0.05, 0.1) is 12.3 Å². The van der Waals surface area contributed by atoms with Gasteiger partial charge in [-0.25, -0.2) is 18.1 Å². The highest BCUT2D eigenvalue weighted by molar-refractivity contribution is 14.0. The van der Waals surface area contributed by atoms with Crippen LogP contribution in [0.2, 0.25) is 0 Å². The minimum Gasteiger partial charge on any atom is -0.357 e. The van der Waals surface area contributed by atoms with Gasteiger partial charge in [0.2, 0.25) is 10.0 Å². The molecular formula is C19H35IN4O2S2. The van der Waals surface area contributed by atoms with Crippen molar-refractivity contribution < 1.29 is 8.42 Å². The van der Waals surface area contributed by atoms with Crippen molar-refractivity contribution in [3.8, 4) is 0 Å². The van der Waals surface area contributed by atoms with E-state index >= 15 is 0 Å². The van der Waals surface area contributed by atoms with Gasteiger partial charge in [-0.05, 0) is 52.0 Å². The Labute approximate surface area is 192 Å². The Morgan fingerprint density at radius 1 is 1.18 bits per heavy atom. The molecule has 1 rings (SSSR count). The molecule has 0 fully saturated rings. The van der Waals surface area contributed by atoms with E-state index in [0.29, 0.717) is 6.54 Å². The molecule has 0 amide bonds. The van der Waals surface area contributed by atoms with Gasteiger partial charge in [0.1, 0.15) is 0 Å². The lowest BCUT2D eigenvalue weighted by Gasteiger charge is -2.23. The Morgan fingerprint density at radius 3 is 2.32 bits per heavy atom. The molecule has 0 radical (unpaired) electrons. The summed E-state index contributed by atoms with van der Waals surface area (Å²) >= 11 is 1.80. The molecule has 28 heavy (non-hydrogen) atoms. The van der Waals surface area contributed by atoms with E-state index in [2.05, 4.69) is 40.5 Å². The fourth-order valence-electron chi connectivity index (χ4n) is 2.33. The van der Waals surface area contributed by atoms with Crippen molar-refractivity contribution >= 4 is 51.7 Å². The summed E-state index contributed by atoms with van der Waals surface area (Å²) in [5.74, 6) is 0.693. The van der Waals surface area contributed by atoms with Crippen molar-refractivity contribution in [1.82, 2.24) is 15.4 Å². The molecule has 3 N–H and O–H groups in total. The number of nitrogens with zero attached hydrogens (tertiary/aromatic N) is 1. The zero-order valence-corrected chi connectivity index (χ0v) is 21.7. The average Bonchev–Trinajstić information content (AvgIpc) is 2.57. The molecule has 162 valence electrons. The fourth-order valence-corrected chi connectivity index (χ4v) is 4.04. The van der Waals surface area contributed by atoms with Crippen molar-refractivity contribution in [2.45, 2.75) is 57.7 Å². The number of sulfonamides is 1. The van der Waals surface area contributed by atoms with Crippen molar-refractivity contribution in [2.75, 3.05) is 19.3 Å². The van der Waals surface area contributed by atoms with Gasteiger partial charge in [-0.2, -0.15) is 11.8 Å². The fraction of sp³-hybridized carbons (Fsp3) is 0.632. The second-order valence-electron chi connectivity index (χ2n) is 7.31. The molecule has 0 aromatic heterocycles. The number of rotatable bonds is 10. The quantitative estimate of drug-likeness (QED) is 0.240. The molecule has 1 aromatic carbocycles. The van der Waals surface area contributed by atoms with Crippen molar-refractivity contribution in [3.63, 3.8) is 0 Å². The molecule has 0 bridgehead atoms. The average molecular weight is 543 g/mol. The lowest BCUT2D eigenvalue weighted by Crippen LogP contribution is -2.43. The van der Waals surface area contributed by atoms with Crippen LogP contribution in [-0.2, 0) is 22.3 Å². The van der Waals surface area contributed by atoms with Gasteiger partial charge >= 0.3 is 0 Å². The molecular weight excluding hydrogens is 507 g/mol. The molecule has 9 heteroatoms. The monoisotopic (exact) mass is 542 g/mol. The summed E-state index contributed by atoms with van der Waals surface area (Å²) in [6.07, 6.45) is 2.09. The van der Waals surface area contributed by atoms with Crippen LogP contribution < -0.4 is 15.4 Å². The summed E-state index contributed by atoms with van der Waals surface area (Å²) in [6, 6.07) is 7.43. The number of thioether (sulfide) groups is 1. The van der Waals surface area contributed by atoms with Crippen LogP contribution in [-0.4, -0.2) is 44.5 Å². The molecule has 0 heterocycles. The first kappa shape index (κ1) is 27.5. The summed E-state index contributed by atoms with van der Waals surface area (Å²) in [5.41, 5.74) is 1.68. The van der Waals surface area contributed by atoms with Crippen molar-refractivity contribution in [2.24, 2.45) is 4.99 Å². The zero-order valence-electron chi connectivity index (χ0n) is 17.7. The van der Waals surface area contributed by atoms with E-state index in [0.717, 1.165) is 30.2 Å². The number of benzene rings is 1. The maximum absolute atomic E-state index is 12.3. The minimum absolute atomic E-state index is 0. The molecule has 0 unspecified atom stereocenters. The van der Waals surface area contributed by atoms with Gasteiger partial charge in [-0.15, -0.1) is 24.0 Å². The Hall–Kier alpha value is -0.520. The first-order valence-electron chi connectivity index (χ1n) is 9.22. The summed E-state index contributed by atoms with van der Waals surface area (Å²) in [5, 5.41) is 6.61. The molecule has 0 aliphatic heterocycles. The van der Waals surface area contributed by atoms with Crippen molar-refractivity contribution in [1.29, 1.82) is 0 Å². The molecule has 0 aliphatic rings. The summed E-state index contributed by atoms with van der Waals surface area (Å²) in [6.45, 7) is 12.0. The third-order valence-corrected chi connectivity index (χ3v) is 6.64. The van der Waals surface area contributed by atoms with E-state index in [1.165, 1.54) is 0 Å². The van der Waals surface area contributed by atoms with Gasteiger partial charge in [0, 0.05) is 23.9 Å². The second kappa shape index (κ2) is 12.9. The van der Waals surface area contributed by atoms with Crippen LogP contribution in [0.3, 0.4) is 0 Å². The molecule has 1 aromatic rings. The van der Waals surface area contributed by atoms with E-state index in [1.54, 1.807) is 11.8 Å². The Kier molecular flexibility index (Phi) is 12.7. The van der Waals surface area contributed by atoms with Crippen molar-refractivity contribution in [3.05, 3.63) is 35.4 Å². The lowest BCUT2D eigenvalue weighted by atomic mass is 10.1. The van der Waals surface area contributed by atoms with E-state index < -0.39 is 10.0 Å². The lowest BCUT2D eigenvalue weighted by molar-refractivity contribution is 0.569. The third kappa shape index (κ3) is 10.9. The number of hydrogen-bond acceptors (Lipinski definition) is 4. The van der Waals surface area contributed by atoms with Crippen LogP contribution in [0, 0.1) is 0 Å². The molecule has 6 nitrogen and oxygen atoms in total. The number of guanidine groups is 1. The first-order valence-corrected chi connectivity index (χ1v) is 12.1. The van der Waals surface area contributed by atoms with Crippen LogP contribution >= 0.6 is 35.7 Å². The van der Waals surface area contributed by atoms with Crippen LogP contribution in [0.1, 0.15) is 45.7 Å². The van der Waals surface area contributed by atoms with E-state index in [-0.39, 0.29) is 40.5 Å². The number of aliphatic imine (C=N–C) groups is 1. The van der Waals surface area contributed by atoms with E-state index in [9.17, 15) is 8.42 Å². The highest BCUT2D eigenvalue weighted by atomic mass is 127. The van der Waals surface area contributed by atoms with Crippen LogP contribution in [0.4, 0.5) is 0 Å². The first-order chi connectivity index (χ1) is 12.6. The molecule has 0 saturated heterocycles. The maximum atomic E-state index is 12.3. The van der Waals surface area contributed by atoms with Crippen LogP contribution in [0.5, 0.6) is 0 Å². The van der Waals surface area contributed by atoms with Crippen LogP contribution in [0.25, 0.3) is 0 Å². The molecule has 0 aliphatic carbocycles. The summed E-state index contributed by atoms with van der Waals surface area (Å²) in [7, 11) is -3.37. The standard InChI is InChI=1S/C19H34N4O2S2.HI/c1-7-20-18(22-14-19(4,5)26-6)21-12-16-10-8-9-11-17(16)13-27(24,25)23-15(2)3;/h8-11,15,23H,7,12-14H2,1-6H3,(H2,20,21,22);1H. The van der Waals surface area contributed by atoms with Crippen LogP contribution in [0.15, 0.2) is 29.3 Å². The minimum atomic E-state index is -3.37. The Morgan fingerprint density at radius 2 is 1.79 bits per heavy atom. The predicted octanol–water partition coefficient (Wildman–Crippen LogP) is 3.33. The van der Waals surface area contributed by atoms with Gasteiger partial charge in [-0.3, -0.25) is 0 Å². The third-order valence-electron chi connectivity index (χ3n) is 3.87. The molecule has 0 saturated carbocycles. The van der Waals surface area contributed by atoms with E-state index in [1.807, 2.05) is 45.0 Å². The van der Waals surface area contributed by atoms with Gasteiger partial charge in [0.25, 0.3) is 0 Å². The topological polar surface area (TPSA) is 82.6 Å². The SMILES string of the molecule is CCNC(=NCc1ccccc1CS(=O)(=O)NC(C)C)NCC(C)(C)SC.I. The van der Waals surface area contributed by atoms with Gasteiger partial charge in [0.15, 0.2) is 5.96 Å². The highest BCUT2D eigenvalue weighted by Crippen LogP contribution is 2.19. The largest absolute Gasteiger partial charge is 0.357 e. The van der Waals surface area contributed by atoms with E-state index in [4.69, 9.17) is 0 Å². The highest BCUT2D eigenvalue weighted by Gasteiger charge is 2.17. The zero-order chi connectivity index (χ0) is 20.5. The van der Waals surface area contributed by atoms with Gasteiger partial charge < -0.3 is 10.6 Å². The number of halogens is 1. The Bertz CT molecular complexity index is 722. The molecule has 0 spiro atoms. The number of hydrogen-bond donors (Lipinski definition) is 3. The summed E-state index contributed by atoms with van der Waals surface area (Å²) < 4.78 is 27.3. The maximum Gasteiger partial charge on any atom is 0.216 e. The number of nitrogens with one attached hydrogen (secondary N) is 3. The normalized spacial score (nSPS) is 12.6. The second-order valence-corrected chi connectivity index (χ2v) is 10.6. The summed E-state index contributed by atoms with van der Waals surface area (Å²) in [4.78, 5) is 4.64. The Balaban J connectivity index is 0.00000729.